The van der Waals surface area contributed by atoms with E-state index in [4.69, 9.17) is 5.11 Å². The van der Waals surface area contributed by atoms with Crippen molar-refractivity contribution in [2.24, 2.45) is 10.8 Å². The van der Waals surface area contributed by atoms with Gasteiger partial charge in [0.25, 0.3) is 0 Å². The third-order valence-electron chi connectivity index (χ3n) is 2.73. The Hall–Kier alpha value is -0.790. The highest BCUT2D eigenvalue weighted by Gasteiger charge is 2.41. The maximum atomic E-state index is 10.9. The van der Waals surface area contributed by atoms with Crippen molar-refractivity contribution in [2.75, 3.05) is 0 Å². The second-order valence-electron chi connectivity index (χ2n) is 4.15. The van der Waals surface area contributed by atoms with Crippen molar-refractivity contribution in [1.29, 1.82) is 0 Å². The molecule has 0 aliphatic carbocycles. The van der Waals surface area contributed by atoms with Gasteiger partial charge in [0.05, 0.1) is 5.41 Å². The molecule has 2 nitrogen and oxygen atoms in total. The average Bonchev–Trinajstić information content (AvgIpc) is 1.86. The molecular weight excluding hydrogens is 152 g/mol. The predicted molar refractivity (Wildman–Crippen MR) is 50.0 cm³/mol. The minimum atomic E-state index is -0.759. The molecule has 0 aromatic rings. The Morgan fingerprint density at radius 1 is 1.25 bits per heavy atom. The molecule has 0 aliphatic rings. The molecule has 0 atom stereocenters. The quantitative estimate of drug-likeness (QED) is 0.661. The molecule has 0 bridgehead atoms. The maximum Gasteiger partial charge on any atom is 0.309 e. The van der Waals surface area contributed by atoms with Crippen molar-refractivity contribution >= 4 is 5.97 Å². The Balaban J connectivity index is 4.87. The van der Waals surface area contributed by atoms with Crippen LogP contribution in [-0.4, -0.2) is 11.1 Å². The molecule has 0 heterocycles. The van der Waals surface area contributed by atoms with E-state index in [0.29, 0.717) is 0 Å². The Kier molecular flexibility index (Phi) is 3.08. The van der Waals surface area contributed by atoms with Crippen LogP contribution in [0.4, 0.5) is 0 Å². The molecule has 12 heavy (non-hydrogen) atoms. The van der Waals surface area contributed by atoms with E-state index in [1.165, 1.54) is 0 Å². The summed E-state index contributed by atoms with van der Waals surface area (Å²) in [5.41, 5.74) is -1.03. The zero-order chi connectivity index (χ0) is 9.99. The van der Waals surface area contributed by atoms with Crippen molar-refractivity contribution in [2.45, 2.75) is 34.6 Å². The number of rotatable bonds is 3. The lowest BCUT2D eigenvalue weighted by molar-refractivity contribution is -0.151. The molecule has 0 rings (SSSR count). The van der Waals surface area contributed by atoms with Gasteiger partial charge < -0.3 is 5.11 Å². The standard InChI is InChI=1S/C10H18O2/c1-6-7-9(2,3)10(4,5)8(11)12/h6-7H,1-5H3,(H,11,12). The van der Waals surface area contributed by atoms with Crippen LogP contribution in [0.5, 0.6) is 0 Å². The summed E-state index contributed by atoms with van der Waals surface area (Å²) in [4.78, 5) is 10.9. The zero-order valence-corrected chi connectivity index (χ0v) is 8.51. The summed E-state index contributed by atoms with van der Waals surface area (Å²) in [6, 6.07) is 0. The minimum Gasteiger partial charge on any atom is -0.481 e. The normalized spacial score (nSPS) is 13.8. The Morgan fingerprint density at radius 2 is 1.67 bits per heavy atom. The third-order valence-corrected chi connectivity index (χ3v) is 2.73. The van der Waals surface area contributed by atoms with Gasteiger partial charge in [-0.15, -0.1) is 0 Å². The number of hydrogen-bond donors (Lipinski definition) is 1. The van der Waals surface area contributed by atoms with Gasteiger partial charge in [0.1, 0.15) is 0 Å². The van der Waals surface area contributed by atoms with Crippen molar-refractivity contribution in [3.63, 3.8) is 0 Å². The second-order valence-corrected chi connectivity index (χ2v) is 4.15. The van der Waals surface area contributed by atoms with Gasteiger partial charge in [-0.05, 0) is 26.2 Å². The van der Waals surface area contributed by atoms with E-state index in [0.717, 1.165) is 0 Å². The molecule has 1 N–H and O–H groups in total. The molecule has 0 saturated heterocycles. The molecule has 2 heteroatoms. The first-order valence-electron chi connectivity index (χ1n) is 4.13. The lowest BCUT2D eigenvalue weighted by Crippen LogP contribution is -2.38. The molecule has 0 aliphatic heterocycles. The van der Waals surface area contributed by atoms with E-state index in [-0.39, 0.29) is 5.41 Å². The Morgan fingerprint density at radius 3 is 1.92 bits per heavy atom. The molecule has 0 saturated carbocycles. The smallest absolute Gasteiger partial charge is 0.309 e. The zero-order valence-electron chi connectivity index (χ0n) is 8.51. The number of hydrogen-bond acceptors (Lipinski definition) is 1. The highest BCUT2D eigenvalue weighted by Crippen LogP contribution is 2.39. The van der Waals surface area contributed by atoms with Crippen molar-refractivity contribution in [3.8, 4) is 0 Å². The van der Waals surface area contributed by atoms with Gasteiger partial charge in [-0.1, -0.05) is 26.0 Å². The maximum absolute atomic E-state index is 10.9. The number of carboxylic acid groups (broad SMARTS) is 1. The van der Waals surface area contributed by atoms with E-state index in [2.05, 4.69) is 0 Å². The van der Waals surface area contributed by atoms with Crippen molar-refractivity contribution in [3.05, 3.63) is 12.2 Å². The SMILES string of the molecule is CC=CC(C)(C)C(C)(C)C(=O)O. The van der Waals surface area contributed by atoms with Gasteiger partial charge in [-0.2, -0.15) is 0 Å². The summed E-state index contributed by atoms with van der Waals surface area (Å²) < 4.78 is 0. The number of carboxylic acids is 1. The van der Waals surface area contributed by atoms with Crippen LogP contribution >= 0.6 is 0 Å². The average molecular weight is 170 g/mol. The first-order chi connectivity index (χ1) is 5.25. The summed E-state index contributed by atoms with van der Waals surface area (Å²) in [7, 11) is 0. The van der Waals surface area contributed by atoms with Crippen molar-refractivity contribution < 1.29 is 9.90 Å². The molecular formula is C10H18O2. The predicted octanol–water partition coefficient (Wildman–Crippen LogP) is 2.70. The molecule has 0 spiro atoms. The number of allylic oxidation sites excluding steroid dienone is 2. The largest absolute Gasteiger partial charge is 0.481 e. The fourth-order valence-electron chi connectivity index (χ4n) is 0.901. The molecule has 0 aromatic heterocycles. The van der Waals surface area contributed by atoms with Gasteiger partial charge in [0.2, 0.25) is 0 Å². The van der Waals surface area contributed by atoms with Gasteiger partial charge in [-0.25, -0.2) is 0 Å². The van der Waals surface area contributed by atoms with Crippen LogP contribution in [0, 0.1) is 10.8 Å². The van der Waals surface area contributed by atoms with Crippen molar-refractivity contribution in [1.82, 2.24) is 0 Å². The summed E-state index contributed by atoms with van der Waals surface area (Å²) in [5, 5.41) is 8.97. The molecule has 0 fully saturated rings. The van der Waals surface area contributed by atoms with Crippen LogP contribution in [-0.2, 0) is 4.79 Å². The van der Waals surface area contributed by atoms with Gasteiger partial charge in [0, 0.05) is 0 Å². The van der Waals surface area contributed by atoms with Gasteiger partial charge in [-0.3, -0.25) is 4.79 Å². The molecule has 0 radical (unpaired) electrons. The molecule has 70 valence electrons. The minimum absolute atomic E-state index is 0.312. The van der Waals surface area contributed by atoms with Crippen LogP contribution in [0.15, 0.2) is 12.2 Å². The highest BCUT2D eigenvalue weighted by molar-refractivity contribution is 5.75. The number of aliphatic carboxylic acids is 1. The van der Waals surface area contributed by atoms with Crippen LogP contribution in [0.2, 0.25) is 0 Å². The summed E-state index contributed by atoms with van der Waals surface area (Å²) in [6.45, 7) is 9.26. The van der Waals surface area contributed by atoms with Gasteiger partial charge >= 0.3 is 5.97 Å². The third kappa shape index (κ3) is 1.87. The first-order valence-corrected chi connectivity index (χ1v) is 4.13. The Bertz CT molecular complexity index is 200. The lowest BCUT2D eigenvalue weighted by atomic mass is 9.68. The van der Waals surface area contributed by atoms with Gasteiger partial charge in [0.15, 0.2) is 0 Å². The fraction of sp³-hybridized carbons (Fsp3) is 0.700. The molecule has 0 amide bonds. The van der Waals surface area contributed by atoms with E-state index in [9.17, 15) is 4.79 Å². The van der Waals surface area contributed by atoms with E-state index in [1.807, 2.05) is 32.9 Å². The van der Waals surface area contributed by atoms with E-state index < -0.39 is 11.4 Å². The van der Waals surface area contributed by atoms with Crippen LogP contribution in [0.3, 0.4) is 0 Å². The molecule has 0 unspecified atom stereocenters. The second kappa shape index (κ2) is 3.30. The fourth-order valence-corrected chi connectivity index (χ4v) is 0.901. The molecule has 0 aromatic carbocycles. The monoisotopic (exact) mass is 170 g/mol. The van der Waals surface area contributed by atoms with E-state index in [1.54, 1.807) is 13.8 Å². The Labute approximate surface area is 74.3 Å². The topological polar surface area (TPSA) is 37.3 Å². The lowest BCUT2D eigenvalue weighted by Gasteiger charge is -2.35. The van der Waals surface area contributed by atoms with Crippen LogP contribution in [0.1, 0.15) is 34.6 Å². The summed E-state index contributed by atoms with van der Waals surface area (Å²) in [6.07, 6.45) is 3.83. The van der Waals surface area contributed by atoms with Crippen LogP contribution < -0.4 is 0 Å². The first kappa shape index (κ1) is 11.2. The highest BCUT2D eigenvalue weighted by atomic mass is 16.4. The summed E-state index contributed by atoms with van der Waals surface area (Å²) in [5.74, 6) is -0.759. The van der Waals surface area contributed by atoms with Crippen LogP contribution in [0.25, 0.3) is 0 Å². The number of carbonyl (C=O) groups is 1. The summed E-state index contributed by atoms with van der Waals surface area (Å²) >= 11 is 0. The van der Waals surface area contributed by atoms with E-state index >= 15 is 0 Å².